The minimum atomic E-state index is 0. The molecule has 0 saturated carbocycles. The molecule has 0 aromatic heterocycles. The van der Waals surface area contributed by atoms with E-state index in [-0.39, 0.29) is 40.0 Å². The fraction of sp³-hybridized carbons (Fsp3) is 0.889. The Bertz CT molecular complexity index is 57.9. The summed E-state index contributed by atoms with van der Waals surface area (Å²) in [5, 5.41) is 0. The van der Waals surface area contributed by atoms with E-state index in [0.717, 1.165) is 25.6 Å². The van der Waals surface area contributed by atoms with Crippen LogP contribution in [0.1, 0.15) is 33.1 Å². The van der Waals surface area contributed by atoms with E-state index in [0.29, 0.717) is 0 Å². The molecule has 0 spiro atoms. The van der Waals surface area contributed by atoms with Gasteiger partial charge in [0.25, 0.3) is 0 Å². The SMILES string of the molecule is C1CCOC1.[Br-].[CH2-]CC(C)C.[Mg+2]. The van der Waals surface area contributed by atoms with Crippen LogP contribution in [0.5, 0.6) is 0 Å². The van der Waals surface area contributed by atoms with Crippen LogP contribution >= 0.6 is 0 Å². The molecular weight excluding hydrogens is 228 g/mol. The smallest absolute Gasteiger partial charge is 1.00 e. The van der Waals surface area contributed by atoms with Crippen LogP contribution in [-0.4, -0.2) is 36.3 Å². The van der Waals surface area contributed by atoms with Crippen molar-refractivity contribution in [1.29, 1.82) is 0 Å². The van der Waals surface area contributed by atoms with Crippen LogP contribution in [0.2, 0.25) is 0 Å². The average molecular weight is 247 g/mol. The van der Waals surface area contributed by atoms with E-state index in [1.807, 2.05) is 0 Å². The van der Waals surface area contributed by atoms with Gasteiger partial charge in [0, 0.05) is 13.2 Å². The Morgan fingerprint density at radius 1 is 1.25 bits per heavy atom. The number of rotatable bonds is 1. The second kappa shape index (κ2) is 14.7. The van der Waals surface area contributed by atoms with Crippen molar-refractivity contribution >= 4 is 23.1 Å². The molecule has 0 atom stereocenters. The van der Waals surface area contributed by atoms with E-state index < -0.39 is 0 Å². The van der Waals surface area contributed by atoms with E-state index in [1.54, 1.807) is 0 Å². The van der Waals surface area contributed by atoms with Crippen LogP contribution in [-0.2, 0) is 4.74 Å². The van der Waals surface area contributed by atoms with E-state index in [4.69, 9.17) is 4.74 Å². The monoisotopic (exact) mass is 246 g/mol. The van der Waals surface area contributed by atoms with Crippen LogP contribution in [0.3, 0.4) is 0 Å². The number of hydrogen-bond acceptors (Lipinski definition) is 1. The van der Waals surface area contributed by atoms with Gasteiger partial charge < -0.3 is 28.6 Å². The molecule has 3 heteroatoms. The molecule has 1 saturated heterocycles. The average Bonchev–Trinajstić information content (AvgIpc) is 2.43. The number of ether oxygens (including phenoxy) is 1. The molecule has 0 aliphatic carbocycles. The molecule has 0 radical (unpaired) electrons. The van der Waals surface area contributed by atoms with Crippen molar-refractivity contribution in [1.82, 2.24) is 0 Å². The van der Waals surface area contributed by atoms with Crippen molar-refractivity contribution in [3.63, 3.8) is 0 Å². The maximum atomic E-state index is 4.94. The Hall–Kier alpha value is 1.21. The summed E-state index contributed by atoms with van der Waals surface area (Å²) in [4.78, 5) is 0. The van der Waals surface area contributed by atoms with Crippen LogP contribution in [0.15, 0.2) is 0 Å². The summed E-state index contributed by atoms with van der Waals surface area (Å²) in [5.74, 6) is 0.773. The van der Waals surface area contributed by atoms with Crippen LogP contribution in [0.4, 0.5) is 0 Å². The van der Waals surface area contributed by atoms with Gasteiger partial charge in [0.15, 0.2) is 0 Å². The van der Waals surface area contributed by atoms with Crippen molar-refractivity contribution in [2.24, 2.45) is 5.92 Å². The van der Waals surface area contributed by atoms with Gasteiger partial charge in [-0.3, -0.25) is 0 Å². The maximum Gasteiger partial charge on any atom is 2.00 e. The first kappa shape index (κ1) is 18.9. The zero-order chi connectivity index (χ0) is 7.82. The van der Waals surface area contributed by atoms with Gasteiger partial charge in [0.05, 0.1) is 0 Å². The summed E-state index contributed by atoms with van der Waals surface area (Å²) in [6, 6.07) is 0. The molecule has 0 aromatic carbocycles. The summed E-state index contributed by atoms with van der Waals surface area (Å²) in [6.07, 6.45) is 3.61. The van der Waals surface area contributed by atoms with E-state index in [1.165, 1.54) is 12.8 Å². The predicted molar refractivity (Wildman–Crippen MR) is 50.6 cm³/mol. The minimum Gasteiger partial charge on any atom is -1.00 e. The number of hydrogen-bond donors (Lipinski definition) is 0. The van der Waals surface area contributed by atoms with Crippen molar-refractivity contribution < 1.29 is 21.7 Å². The van der Waals surface area contributed by atoms with Gasteiger partial charge in [0.1, 0.15) is 0 Å². The number of halogens is 1. The zero-order valence-electron chi connectivity index (χ0n) is 8.31. The van der Waals surface area contributed by atoms with Gasteiger partial charge in [-0.2, -0.15) is 6.42 Å². The Kier molecular flexibility index (Phi) is 23.2. The third kappa shape index (κ3) is 17.3. The fourth-order valence-corrected chi connectivity index (χ4v) is 0.510. The second-order valence-electron chi connectivity index (χ2n) is 3.00. The zero-order valence-corrected chi connectivity index (χ0v) is 11.3. The molecule has 1 heterocycles. The molecule has 0 N–H and O–H groups in total. The maximum absolute atomic E-state index is 4.94. The Labute approximate surface area is 104 Å². The minimum absolute atomic E-state index is 0. The second-order valence-corrected chi connectivity index (χ2v) is 3.00. The van der Waals surface area contributed by atoms with E-state index in [2.05, 4.69) is 20.8 Å². The summed E-state index contributed by atoms with van der Waals surface area (Å²) in [6.45, 7) is 10.0. The van der Waals surface area contributed by atoms with Gasteiger partial charge in [-0.05, 0) is 12.8 Å². The first-order valence-electron chi connectivity index (χ1n) is 4.14. The van der Waals surface area contributed by atoms with Crippen molar-refractivity contribution in [3.05, 3.63) is 6.92 Å². The third-order valence-corrected chi connectivity index (χ3v) is 1.40. The molecule has 0 unspecified atom stereocenters. The van der Waals surface area contributed by atoms with Gasteiger partial charge >= 0.3 is 23.1 Å². The van der Waals surface area contributed by atoms with Gasteiger partial charge in [-0.1, -0.05) is 19.8 Å². The summed E-state index contributed by atoms with van der Waals surface area (Å²) < 4.78 is 4.94. The molecule has 1 rings (SSSR count). The van der Waals surface area contributed by atoms with Crippen LogP contribution in [0.25, 0.3) is 0 Å². The quantitative estimate of drug-likeness (QED) is 0.439. The van der Waals surface area contributed by atoms with Crippen molar-refractivity contribution in [2.45, 2.75) is 33.1 Å². The molecule has 70 valence electrons. The van der Waals surface area contributed by atoms with Crippen molar-refractivity contribution in [3.8, 4) is 0 Å². The topological polar surface area (TPSA) is 9.23 Å². The predicted octanol–water partition coefficient (Wildman–Crippen LogP) is -0.713. The molecular formula is C9H19BrMgO. The van der Waals surface area contributed by atoms with Gasteiger partial charge in [-0.25, -0.2) is 0 Å². The molecule has 1 aliphatic rings. The molecule has 1 aliphatic heterocycles. The molecule has 0 aromatic rings. The normalized spacial score (nSPS) is 14.0. The third-order valence-electron chi connectivity index (χ3n) is 1.40. The summed E-state index contributed by atoms with van der Waals surface area (Å²) in [5.41, 5.74) is 0. The molecule has 1 fully saturated rings. The van der Waals surface area contributed by atoms with E-state index in [9.17, 15) is 0 Å². The standard InChI is InChI=1S/C5H11.C4H8O.BrH.Mg/c1-4-5(2)3;1-2-4-5-3-1;;/h5H,1,4H2,2-3H3;1-4H2;1H;/q-1;;;+2/p-1. The first-order chi connectivity index (χ1) is 4.77. The largest absolute Gasteiger partial charge is 2.00 e. The Balaban J connectivity index is -0.000000116. The fourth-order valence-electron chi connectivity index (χ4n) is 0.510. The van der Waals surface area contributed by atoms with Gasteiger partial charge in [0.2, 0.25) is 0 Å². The van der Waals surface area contributed by atoms with Gasteiger partial charge in [-0.15, -0.1) is 0 Å². The molecule has 1 nitrogen and oxygen atoms in total. The van der Waals surface area contributed by atoms with E-state index >= 15 is 0 Å². The summed E-state index contributed by atoms with van der Waals surface area (Å²) in [7, 11) is 0. The van der Waals surface area contributed by atoms with Crippen molar-refractivity contribution in [2.75, 3.05) is 13.2 Å². The summed E-state index contributed by atoms with van der Waals surface area (Å²) >= 11 is 0. The molecule has 0 bridgehead atoms. The molecule has 0 amide bonds. The van der Waals surface area contributed by atoms with Crippen LogP contribution in [0, 0.1) is 12.8 Å². The van der Waals surface area contributed by atoms with Crippen LogP contribution < -0.4 is 17.0 Å². The molecule has 12 heavy (non-hydrogen) atoms. The Morgan fingerprint density at radius 3 is 1.67 bits per heavy atom. The Morgan fingerprint density at radius 2 is 1.58 bits per heavy atom. The first-order valence-corrected chi connectivity index (χ1v) is 4.14.